The fourth-order valence-corrected chi connectivity index (χ4v) is 6.43. The Balaban J connectivity index is 4.39. The predicted molar refractivity (Wildman–Crippen MR) is 256 cm³/mol. The fourth-order valence-electron chi connectivity index (χ4n) is 5.69. The van der Waals surface area contributed by atoms with Gasteiger partial charge in [-0.25, -0.2) is 4.57 Å². The van der Waals surface area contributed by atoms with Gasteiger partial charge in [-0.3, -0.25) is 18.6 Å². The van der Waals surface area contributed by atoms with Crippen molar-refractivity contribution in [2.75, 3.05) is 47.5 Å². The zero-order valence-corrected chi connectivity index (χ0v) is 40.0. The first-order valence-electron chi connectivity index (χ1n) is 23.5. The number of hydrogen-bond donors (Lipinski definition) is 1. The van der Waals surface area contributed by atoms with Crippen molar-refractivity contribution < 1.29 is 42.1 Å². The van der Waals surface area contributed by atoms with Crippen molar-refractivity contribution in [3.05, 3.63) is 97.2 Å². The molecule has 2 unspecified atom stereocenters. The van der Waals surface area contributed by atoms with E-state index < -0.39 is 32.5 Å². The summed E-state index contributed by atoms with van der Waals surface area (Å²) in [5, 5.41) is 0. The average molecular weight is 873 g/mol. The van der Waals surface area contributed by atoms with Crippen LogP contribution in [0.3, 0.4) is 0 Å². The number of esters is 2. The molecule has 10 heteroatoms. The molecule has 1 N–H and O–H groups in total. The number of carbonyl (C=O) groups is 2. The Bertz CT molecular complexity index is 1350. The molecule has 0 spiro atoms. The molecule has 0 aromatic rings. The quantitative estimate of drug-likeness (QED) is 0.0213. The number of quaternary nitrogens is 1. The smallest absolute Gasteiger partial charge is 0.462 e. The summed E-state index contributed by atoms with van der Waals surface area (Å²) in [4.78, 5) is 35.4. The average Bonchev–Trinajstić information content (AvgIpc) is 3.21. The molecule has 0 aromatic heterocycles. The summed E-state index contributed by atoms with van der Waals surface area (Å²) in [6.07, 6.45) is 56.0. The molecule has 0 aromatic carbocycles. The Kier molecular flexibility index (Phi) is 40.1. The van der Waals surface area contributed by atoms with Crippen LogP contribution in [0.1, 0.15) is 162 Å². The summed E-state index contributed by atoms with van der Waals surface area (Å²) < 4.78 is 34.3. The molecule has 61 heavy (non-hydrogen) atoms. The van der Waals surface area contributed by atoms with Gasteiger partial charge in [0, 0.05) is 12.8 Å². The molecule has 0 aliphatic carbocycles. The molecule has 0 saturated carbocycles. The SMILES string of the molecule is CC/C=C\C/C=C\C/C=C\C/C=C\C/C=C\C/C=C\C/C=C\CCCCCC(=O)OC(COC(=O)CCCCCCC/C=C\CCCCC)COP(=O)(O)OCC[N+](C)(C)C. The molecule has 2 atom stereocenters. The number of likely N-dealkylation sites (N-methyl/N-ethyl adjacent to an activating group) is 1. The minimum atomic E-state index is -4.39. The number of phosphoric acid groups is 1. The molecule has 0 heterocycles. The van der Waals surface area contributed by atoms with Gasteiger partial charge >= 0.3 is 19.8 Å². The Morgan fingerprint density at radius 2 is 0.934 bits per heavy atom. The van der Waals surface area contributed by atoms with Gasteiger partial charge in [0.1, 0.15) is 19.8 Å². The Hall–Kier alpha value is -3.07. The highest BCUT2D eigenvalue weighted by Crippen LogP contribution is 2.43. The summed E-state index contributed by atoms with van der Waals surface area (Å²) in [5.74, 6) is -0.858. The number of allylic oxidation sites excluding steroid dienone is 16. The molecule has 0 radical (unpaired) electrons. The molecule has 9 nitrogen and oxygen atoms in total. The van der Waals surface area contributed by atoms with Gasteiger partial charge in [0.2, 0.25) is 0 Å². The lowest BCUT2D eigenvalue weighted by Crippen LogP contribution is -2.37. The number of nitrogens with zero attached hydrogens (tertiary/aromatic N) is 1. The molecule has 0 aliphatic rings. The van der Waals surface area contributed by atoms with Gasteiger partial charge in [0.05, 0.1) is 27.7 Å². The number of carbonyl (C=O) groups excluding carboxylic acids is 2. The van der Waals surface area contributed by atoms with Gasteiger partial charge in [-0.1, -0.05) is 150 Å². The second kappa shape index (κ2) is 42.2. The van der Waals surface area contributed by atoms with E-state index >= 15 is 0 Å². The van der Waals surface area contributed by atoms with E-state index in [1.165, 1.54) is 19.3 Å². The fraction of sp³-hybridized carbons (Fsp3) is 0.647. The second-order valence-electron chi connectivity index (χ2n) is 16.4. The maximum absolute atomic E-state index is 12.7. The lowest BCUT2D eigenvalue weighted by molar-refractivity contribution is -0.870. The molecule has 0 bridgehead atoms. The molecule has 0 amide bonds. The molecule has 0 fully saturated rings. The third-order valence-electron chi connectivity index (χ3n) is 9.35. The highest BCUT2D eigenvalue weighted by atomic mass is 31.2. The van der Waals surface area contributed by atoms with Crippen molar-refractivity contribution in [2.24, 2.45) is 0 Å². The van der Waals surface area contributed by atoms with E-state index in [0.29, 0.717) is 17.4 Å². The van der Waals surface area contributed by atoms with E-state index in [9.17, 15) is 19.0 Å². The molecule has 0 rings (SSSR count). The highest BCUT2D eigenvalue weighted by molar-refractivity contribution is 7.47. The number of phosphoric ester groups is 1. The van der Waals surface area contributed by atoms with Gasteiger partial charge in [-0.05, 0) is 96.3 Å². The zero-order chi connectivity index (χ0) is 45.0. The molecule has 0 saturated heterocycles. The van der Waals surface area contributed by atoms with Crippen LogP contribution < -0.4 is 0 Å². The second-order valence-corrected chi connectivity index (χ2v) is 17.9. The summed E-state index contributed by atoms with van der Waals surface area (Å²) in [5.41, 5.74) is 0. The topological polar surface area (TPSA) is 108 Å². The maximum Gasteiger partial charge on any atom is 0.472 e. The predicted octanol–water partition coefficient (Wildman–Crippen LogP) is 13.7. The van der Waals surface area contributed by atoms with Crippen molar-refractivity contribution in [2.45, 2.75) is 168 Å². The first-order chi connectivity index (χ1) is 29.5. The molecule has 0 aliphatic heterocycles. The monoisotopic (exact) mass is 873 g/mol. The van der Waals surface area contributed by atoms with Crippen LogP contribution in [0.5, 0.6) is 0 Å². The lowest BCUT2D eigenvalue weighted by atomic mass is 10.1. The first-order valence-corrected chi connectivity index (χ1v) is 25.0. The summed E-state index contributed by atoms with van der Waals surface area (Å²) in [6.45, 7) is 4.21. The largest absolute Gasteiger partial charge is 0.472 e. The third kappa shape index (κ3) is 46.3. The lowest BCUT2D eigenvalue weighted by Gasteiger charge is -2.24. The van der Waals surface area contributed by atoms with Gasteiger partial charge < -0.3 is 18.9 Å². The minimum Gasteiger partial charge on any atom is -0.462 e. The highest BCUT2D eigenvalue weighted by Gasteiger charge is 2.27. The van der Waals surface area contributed by atoms with Crippen LogP contribution in [0, 0.1) is 0 Å². The number of ether oxygens (including phenoxy) is 2. The number of hydrogen-bond acceptors (Lipinski definition) is 7. The van der Waals surface area contributed by atoms with E-state index in [0.717, 1.165) is 109 Å². The van der Waals surface area contributed by atoms with Crippen LogP contribution in [0.25, 0.3) is 0 Å². The van der Waals surface area contributed by atoms with Gasteiger partial charge in [-0.2, -0.15) is 0 Å². The third-order valence-corrected chi connectivity index (χ3v) is 10.3. The molecular weight excluding hydrogens is 786 g/mol. The van der Waals surface area contributed by atoms with Crippen molar-refractivity contribution in [3.8, 4) is 0 Å². The van der Waals surface area contributed by atoms with Crippen molar-refractivity contribution in [3.63, 3.8) is 0 Å². The first kappa shape index (κ1) is 57.9. The van der Waals surface area contributed by atoms with Crippen molar-refractivity contribution >= 4 is 19.8 Å². The number of rotatable bonds is 41. The number of unbranched alkanes of at least 4 members (excludes halogenated alkanes) is 11. The molecule has 348 valence electrons. The Labute approximate surface area is 373 Å². The van der Waals surface area contributed by atoms with Crippen molar-refractivity contribution in [1.82, 2.24) is 0 Å². The van der Waals surface area contributed by atoms with E-state index in [2.05, 4.69) is 111 Å². The standard InChI is InChI=1S/C51H86NO8P/c1-6-8-10-12-14-16-18-20-21-22-23-24-25-26-27-28-29-30-31-32-34-36-38-40-42-44-51(54)60-49(48-59-61(55,56)58-46-45-52(3,4)5)47-57-50(53)43-41-39-37-35-33-19-17-15-13-11-9-7-2/h8,10,14-17,20-21,23-24,26-27,29-30,32,34,49H,6-7,9,11-13,18-19,22,25,28,31,33,35-48H2,1-5H3/p+1/b10-8-,16-14-,17-15-,21-20-,24-23-,27-26-,30-29-,34-32-. The van der Waals surface area contributed by atoms with Gasteiger partial charge in [-0.15, -0.1) is 0 Å². The Morgan fingerprint density at radius 1 is 0.525 bits per heavy atom. The van der Waals surface area contributed by atoms with Crippen LogP contribution in [-0.4, -0.2) is 74.9 Å². The van der Waals surface area contributed by atoms with E-state index in [-0.39, 0.29) is 26.1 Å². The zero-order valence-electron chi connectivity index (χ0n) is 39.1. The van der Waals surface area contributed by atoms with Crippen LogP contribution in [0.2, 0.25) is 0 Å². The normalized spacial score (nSPS) is 14.4. The van der Waals surface area contributed by atoms with E-state index in [1.807, 2.05) is 21.1 Å². The minimum absolute atomic E-state index is 0.0180. The Morgan fingerprint density at radius 3 is 1.43 bits per heavy atom. The summed E-state index contributed by atoms with van der Waals surface area (Å²) in [6, 6.07) is 0. The van der Waals surface area contributed by atoms with Crippen LogP contribution in [0.15, 0.2) is 97.2 Å². The van der Waals surface area contributed by atoms with Crippen molar-refractivity contribution in [1.29, 1.82) is 0 Å². The molecular formula is C51H87NO8P+. The van der Waals surface area contributed by atoms with Gasteiger partial charge in [0.25, 0.3) is 0 Å². The van der Waals surface area contributed by atoms with Crippen LogP contribution in [-0.2, 0) is 32.7 Å². The summed E-state index contributed by atoms with van der Waals surface area (Å²) >= 11 is 0. The van der Waals surface area contributed by atoms with Crippen LogP contribution in [0.4, 0.5) is 0 Å². The summed E-state index contributed by atoms with van der Waals surface area (Å²) in [7, 11) is 1.43. The van der Waals surface area contributed by atoms with Gasteiger partial charge in [0.15, 0.2) is 6.10 Å². The maximum atomic E-state index is 12.7. The van der Waals surface area contributed by atoms with Crippen LogP contribution >= 0.6 is 7.82 Å². The van der Waals surface area contributed by atoms with E-state index in [4.69, 9.17) is 18.5 Å². The van der Waals surface area contributed by atoms with E-state index in [1.54, 1.807) is 0 Å².